The lowest BCUT2D eigenvalue weighted by Crippen LogP contribution is -2.19. The number of benzene rings is 2. The van der Waals surface area contributed by atoms with E-state index in [4.69, 9.17) is 21.5 Å². The number of halogens is 2. The number of aryl methyl sites for hydroxylation is 2. The van der Waals surface area contributed by atoms with E-state index < -0.39 is 10.3 Å². The van der Waals surface area contributed by atoms with Gasteiger partial charge in [-0.25, -0.2) is 19.5 Å². The fourth-order valence-corrected chi connectivity index (χ4v) is 6.37. The topological polar surface area (TPSA) is 134 Å². The first kappa shape index (κ1) is 26.6. The van der Waals surface area contributed by atoms with Gasteiger partial charge in [0.05, 0.1) is 29.3 Å². The predicted molar refractivity (Wildman–Crippen MR) is 151 cm³/mol. The minimum absolute atomic E-state index is 0.102. The van der Waals surface area contributed by atoms with Gasteiger partial charge in [0.25, 0.3) is 0 Å². The largest absolute Gasteiger partial charge is 0.487 e. The molecular weight excluding hydrogens is 579 g/mol. The Hall–Kier alpha value is -3.62. The number of fused-ring (bicyclic) bond motifs is 5. The van der Waals surface area contributed by atoms with Crippen molar-refractivity contribution in [1.29, 1.82) is 0 Å². The van der Waals surface area contributed by atoms with Crippen molar-refractivity contribution in [3.63, 3.8) is 0 Å². The van der Waals surface area contributed by atoms with Crippen molar-refractivity contribution in [2.24, 2.45) is 5.14 Å². The molecule has 0 saturated heterocycles. The number of nitrogens with zero attached hydrogens (tertiary/aromatic N) is 4. The first-order valence-electron chi connectivity index (χ1n) is 12.2. The Bertz CT molecular complexity index is 1840. The van der Waals surface area contributed by atoms with Crippen LogP contribution in [0, 0.1) is 5.82 Å². The van der Waals surface area contributed by atoms with Crippen molar-refractivity contribution in [1.82, 2.24) is 19.7 Å². The van der Waals surface area contributed by atoms with Crippen molar-refractivity contribution < 1.29 is 21.7 Å². The highest BCUT2D eigenvalue weighted by molar-refractivity contribution is 7.84. The molecule has 14 heteroatoms. The Balaban J connectivity index is 1.23. The van der Waals surface area contributed by atoms with E-state index >= 15 is 0 Å². The number of nitrogens with two attached hydrogens (primary N) is 1. The molecule has 0 aliphatic heterocycles. The molecule has 0 saturated carbocycles. The molecule has 0 radical (unpaired) electrons. The zero-order valence-corrected chi connectivity index (χ0v) is 23.2. The summed E-state index contributed by atoms with van der Waals surface area (Å²) in [6.45, 7) is 0.337. The first-order valence-corrected chi connectivity index (χ1v) is 14.8. The van der Waals surface area contributed by atoms with E-state index in [1.54, 1.807) is 40.3 Å². The number of anilines is 2. The third-order valence-corrected chi connectivity index (χ3v) is 8.29. The molecule has 0 unspecified atom stereocenters. The van der Waals surface area contributed by atoms with E-state index in [2.05, 4.69) is 24.6 Å². The second-order valence-electron chi connectivity index (χ2n) is 9.07. The van der Waals surface area contributed by atoms with Crippen LogP contribution in [-0.2, 0) is 40.5 Å². The molecule has 0 amide bonds. The van der Waals surface area contributed by atoms with Gasteiger partial charge in [0.1, 0.15) is 35.1 Å². The fourth-order valence-electron chi connectivity index (χ4n) is 4.60. The molecule has 1 aliphatic carbocycles. The van der Waals surface area contributed by atoms with Gasteiger partial charge in [-0.3, -0.25) is 8.86 Å². The van der Waals surface area contributed by atoms with E-state index in [1.165, 1.54) is 18.5 Å². The highest BCUT2D eigenvalue weighted by Gasteiger charge is 2.26. The smallest absolute Gasteiger partial charge is 0.333 e. The summed E-state index contributed by atoms with van der Waals surface area (Å²) in [6.07, 6.45) is 4.87. The molecule has 40 heavy (non-hydrogen) atoms. The summed E-state index contributed by atoms with van der Waals surface area (Å²) in [5, 5.41) is 14.2. The molecule has 3 aromatic heterocycles. The number of hydrogen-bond donors (Lipinski definition) is 2. The second kappa shape index (κ2) is 10.7. The van der Waals surface area contributed by atoms with E-state index in [1.807, 2.05) is 12.3 Å². The van der Waals surface area contributed by atoms with Gasteiger partial charge in [-0.1, -0.05) is 23.7 Å². The molecule has 206 valence electrons. The fraction of sp³-hybridized carbons (Fsp3) is 0.192. The lowest BCUT2D eigenvalue weighted by Gasteiger charge is -2.13. The molecule has 3 heterocycles. The Labute approximate surface area is 237 Å². The monoisotopic (exact) mass is 600 g/mol. The molecule has 10 nitrogen and oxygen atoms in total. The normalized spacial score (nSPS) is 12.8. The van der Waals surface area contributed by atoms with Gasteiger partial charge in [-0.05, 0) is 54.3 Å². The van der Waals surface area contributed by atoms with Crippen LogP contribution >= 0.6 is 22.9 Å². The molecule has 0 spiro atoms. The van der Waals surface area contributed by atoms with Crippen LogP contribution in [0.15, 0.2) is 55.0 Å². The molecule has 0 fully saturated rings. The molecule has 1 aliphatic rings. The number of aromatic nitrogens is 4. The Morgan fingerprint density at radius 1 is 1.18 bits per heavy atom. The predicted octanol–water partition coefficient (Wildman–Crippen LogP) is 4.99. The van der Waals surface area contributed by atoms with E-state index in [-0.39, 0.29) is 25.6 Å². The zero-order chi connectivity index (χ0) is 27.9. The highest BCUT2D eigenvalue weighted by atomic mass is 35.5. The quantitative estimate of drug-likeness (QED) is 0.242. The Kier molecular flexibility index (Phi) is 7.15. The standard InChI is InChI=1S/C26H22ClFN6O4S2/c27-20-11-17(4-7-22(20)37-13-15-2-1-3-16(28)10-15)32-25-23-18-5-6-21-19(24(18)39-26(23)31-14-30-25)12-34(33-21)8-9-38-40(29,35)36/h1-4,7,10-12,14H,5-6,8-9,13H2,(H2,29,35,36)(H,30,31,32). The van der Waals surface area contributed by atoms with Crippen molar-refractivity contribution in [2.75, 3.05) is 11.9 Å². The summed E-state index contributed by atoms with van der Waals surface area (Å²) < 4.78 is 47.7. The summed E-state index contributed by atoms with van der Waals surface area (Å²) in [5.74, 6) is 0.818. The third-order valence-electron chi connectivity index (χ3n) is 6.33. The average Bonchev–Trinajstić information content (AvgIpc) is 3.49. The van der Waals surface area contributed by atoms with Gasteiger partial charge in [-0.2, -0.15) is 13.5 Å². The summed E-state index contributed by atoms with van der Waals surface area (Å²) in [6, 6.07) is 11.6. The van der Waals surface area contributed by atoms with Crippen LogP contribution in [0.5, 0.6) is 5.75 Å². The second-order valence-corrected chi connectivity index (χ2v) is 11.7. The van der Waals surface area contributed by atoms with Crippen molar-refractivity contribution in [3.8, 4) is 16.2 Å². The lowest BCUT2D eigenvalue weighted by atomic mass is 9.95. The molecule has 3 N–H and O–H groups in total. The van der Waals surface area contributed by atoms with Crippen LogP contribution in [0.25, 0.3) is 20.7 Å². The van der Waals surface area contributed by atoms with Crippen LogP contribution in [0.3, 0.4) is 0 Å². The Morgan fingerprint density at radius 2 is 2.05 bits per heavy atom. The summed E-state index contributed by atoms with van der Waals surface area (Å²) >= 11 is 8.05. The van der Waals surface area contributed by atoms with E-state index in [9.17, 15) is 12.8 Å². The molecule has 6 rings (SSSR count). The number of thiophene rings is 1. The molecule has 0 atom stereocenters. The van der Waals surface area contributed by atoms with Crippen molar-refractivity contribution >= 4 is 55.0 Å². The van der Waals surface area contributed by atoms with Crippen LogP contribution < -0.4 is 15.2 Å². The molecule has 2 aromatic carbocycles. The van der Waals surface area contributed by atoms with Crippen LogP contribution in [0.4, 0.5) is 15.9 Å². The maximum Gasteiger partial charge on any atom is 0.333 e. The summed E-state index contributed by atoms with van der Waals surface area (Å²) in [4.78, 5) is 10.9. The summed E-state index contributed by atoms with van der Waals surface area (Å²) in [7, 11) is -4.00. The summed E-state index contributed by atoms with van der Waals surface area (Å²) in [5.41, 5.74) is 4.46. The van der Waals surface area contributed by atoms with Crippen LogP contribution in [0.2, 0.25) is 5.02 Å². The maximum atomic E-state index is 13.4. The number of hydrogen-bond acceptors (Lipinski definition) is 9. The minimum Gasteiger partial charge on any atom is -0.487 e. The molecular formula is C26H22ClFN6O4S2. The molecule has 0 bridgehead atoms. The maximum absolute atomic E-state index is 13.4. The first-order chi connectivity index (χ1) is 19.2. The van der Waals surface area contributed by atoms with Gasteiger partial charge in [0.2, 0.25) is 0 Å². The third kappa shape index (κ3) is 5.64. The lowest BCUT2D eigenvalue weighted by molar-refractivity contribution is 0.294. The minimum atomic E-state index is -4.00. The SMILES string of the molecule is NS(=O)(=O)OCCn1cc2c(n1)CCc1c-2sc2ncnc(Nc3ccc(OCc4cccc(F)c4)c(Cl)c3)c12. The van der Waals surface area contributed by atoms with Crippen molar-refractivity contribution in [3.05, 3.63) is 82.6 Å². The van der Waals surface area contributed by atoms with Crippen LogP contribution in [0.1, 0.15) is 16.8 Å². The van der Waals surface area contributed by atoms with E-state index in [0.29, 0.717) is 28.6 Å². The number of rotatable bonds is 9. The molecule has 5 aromatic rings. The van der Waals surface area contributed by atoms with Gasteiger partial charge in [0, 0.05) is 22.3 Å². The highest BCUT2D eigenvalue weighted by Crippen LogP contribution is 2.45. The number of nitrogens with one attached hydrogen (secondary N) is 1. The van der Waals surface area contributed by atoms with Gasteiger partial charge < -0.3 is 10.1 Å². The van der Waals surface area contributed by atoms with Crippen molar-refractivity contribution in [2.45, 2.75) is 26.0 Å². The number of ether oxygens (including phenoxy) is 1. The van der Waals surface area contributed by atoms with E-state index in [0.717, 1.165) is 44.0 Å². The van der Waals surface area contributed by atoms with Gasteiger partial charge in [0.15, 0.2) is 0 Å². The Morgan fingerprint density at radius 3 is 2.85 bits per heavy atom. The van der Waals surface area contributed by atoms with Crippen LogP contribution in [-0.4, -0.2) is 34.8 Å². The average molecular weight is 601 g/mol. The van der Waals surface area contributed by atoms with Gasteiger partial charge >= 0.3 is 10.3 Å². The van der Waals surface area contributed by atoms with Gasteiger partial charge in [-0.15, -0.1) is 11.3 Å². The zero-order valence-electron chi connectivity index (χ0n) is 20.8.